The molecule has 1 atom stereocenters. The van der Waals surface area contributed by atoms with Crippen LogP contribution in [0.4, 0.5) is 15.3 Å². The number of esters is 1. The van der Waals surface area contributed by atoms with Crippen LogP contribution in [0.25, 0.3) is 11.0 Å². The van der Waals surface area contributed by atoms with Gasteiger partial charge in [-0.1, -0.05) is 44.2 Å². The molecule has 0 radical (unpaired) electrons. The highest BCUT2D eigenvalue weighted by molar-refractivity contribution is 5.94. The van der Waals surface area contributed by atoms with E-state index in [1.165, 1.54) is 7.11 Å². The van der Waals surface area contributed by atoms with Crippen molar-refractivity contribution in [2.45, 2.75) is 57.2 Å². The largest absolute Gasteiger partial charge is 0.467 e. The third kappa shape index (κ3) is 6.81. The maximum Gasteiger partial charge on any atom is 0.330 e. The van der Waals surface area contributed by atoms with Crippen LogP contribution in [0.3, 0.4) is 0 Å². The van der Waals surface area contributed by atoms with E-state index in [4.69, 9.17) is 4.74 Å². The molecule has 14 nitrogen and oxygen atoms in total. The van der Waals surface area contributed by atoms with E-state index in [1.54, 1.807) is 14.4 Å². The van der Waals surface area contributed by atoms with Gasteiger partial charge in [-0.2, -0.15) is 0 Å². The lowest BCUT2D eigenvalue weighted by Gasteiger charge is -2.43. The molecule has 3 aliphatic rings. The number of nitrogens with zero attached hydrogens (tertiary/aromatic N) is 5. The summed E-state index contributed by atoms with van der Waals surface area (Å²) in [5, 5.41) is 5.52. The predicted molar refractivity (Wildman–Crippen MR) is 184 cm³/mol. The molecule has 1 aromatic heterocycles. The molecule has 3 aliphatic heterocycles. The Hall–Kier alpha value is -5.01. The molecular formula is C35H46N8O6. The van der Waals surface area contributed by atoms with Crippen molar-refractivity contribution < 1.29 is 23.9 Å². The zero-order chi connectivity index (χ0) is 34.7. The molecule has 1 spiro atoms. The van der Waals surface area contributed by atoms with Crippen molar-refractivity contribution in [3.63, 3.8) is 0 Å². The monoisotopic (exact) mass is 674 g/mol. The second-order valence-electron chi connectivity index (χ2n) is 13.6. The lowest BCUT2D eigenvalue weighted by Crippen LogP contribution is -2.59. The lowest BCUT2D eigenvalue weighted by molar-refractivity contribution is -0.142. The maximum absolute atomic E-state index is 13.8. The summed E-state index contributed by atoms with van der Waals surface area (Å²) in [6.45, 7) is 6.72. The van der Waals surface area contributed by atoms with Gasteiger partial charge in [0.15, 0.2) is 0 Å². The van der Waals surface area contributed by atoms with Crippen molar-refractivity contribution in [1.29, 1.82) is 0 Å². The van der Waals surface area contributed by atoms with E-state index in [0.717, 1.165) is 16.7 Å². The minimum Gasteiger partial charge on any atom is -0.467 e. The quantitative estimate of drug-likeness (QED) is 0.311. The molecule has 262 valence electrons. The number of benzene rings is 2. The van der Waals surface area contributed by atoms with Crippen molar-refractivity contribution >= 4 is 40.7 Å². The van der Waals surface area contributed by atoms with E-state index in [1.807, 2.05) is 59.5 Å². The van der Waals surface area contributed by atoms with Crippen LogP contribution < -0.4 is 21.2 Å². The highest BCUT2D eigenvalue weighted by atomic mass is 16.5. The van der Waals surface area contributed by atoms with E-state index >= 15 is 0 Å². The number of nitrogens with one attached hydrogen (secondary N) is 3. The molecular weight excluding hydrogens is 628 g/mol. The number of rotatable bonds is 8. The first-order valence-corrected chi connectivity index (χ1v) is 17.1. The summed E-state index contributed by atoms with van der Waals surface area (Å²) in [5.74, 6) is -0.253. The van der Waals surface area contributed by atoms with Crippen molar-refractivity contribution in [2.24, 2.45) is 5.92 Å². The van der Waals surface area contributed by atoms with Crippen molar-refractivity contribution in [3.05, 3.63) is 65.1 Å². The molecule has 0 unspecified atom stereocenters. The Labute approximate surface area is 285 Å². The fourth-order valence-electron chi connectivity index (χ4n) is 7.50. The van der Waals surface area contributed by atoms with Crippen LogP contribution in [0, 0.1) is 5.92 Å². The number of hydrogen-bond acceptors (Lipinski definition) is 7. The van der Waals surface area contributed by atoms with Crippen LogP contribution in [0.1, 0.15) is 45.6 Å². The van der Waals surface area contributed by atoms with Crippen molar-refractivity contribution in [2.75, 3.05) is 57.9 Å². The molecule has 14 heteroatoms. The third-order valence-corrected chi connectivity index (χ3v) is 10.0. The summed E-state index contributed by atoms with van der Waals surface area (Å²) in [4.78, 5) is 75.9. The average Bonchev–Trinajstić information content (AvgIpc) is 3.58. The van der Waals surface area contributed by atoms with Gasteiger partial charge in [0.1, 0.15) is 11.6 Å². The minimum atomic E-state index is -1.10. The number of methoxy groups -OCH3 is 1. The van der Waals surface area contributed by atoms with Gasteiger partial charge in [0.25, 0.3) is 0 Å². The summed E-state index contributed by atoms with van der Waals surface area (Å²) in [6, 6.07) is 15.5. The number of amides is 5. The van der Waals surface area contributed by atoms with Gasteiger partial charge >= 0.3 is 23.7 Å². The number of carbonyl (C=O) groups is 4. The normalized spacial score (nSPS) is 18.7. The van der Waals surface area contributed by atoms with E-state index in [0.29, 0.717) is 71.0 Å². The van der Waals surface area contributed by atoms with Crippen molar-refractivity contribution in [3.8, 4) is 0 Å². The highest BCUT2D eigenvalue weighted by Crippen LogP contribution is 2.39. The number of aromatic nitrogens is 2. The molecule has 0 bridgehead atoms. The zero-order valence-corrected chi connectivity index (χ0v) is 28.4. The Bertz CT molecular complexity index is 1720. The fourth-order valence-corrected chi connectivity index (χ4v) is 7.50. The Morgan fingerprint density at radius 1 is 0.918 bits per heavy atom. The summed E-state index contributed by atoms with van der Waals surface area (Å²) in [7, 11) is 1.23. The van der Waals surface area contributed by atoms with E-state index in [9.17, 15) is 24.0 Å². The number of aromatic amines is 1. The maximum atomic E-state index is 13.8. The van der Waals surface area contributed by atoms with Gasteiger partial charge in [-0.25, -0.2) is 19.2 Å². The molecule has 3 saturated heterocycles. The number of para-hydroxylation sites is 3. The molecule has 2 aromatic carbocycles. The number of hydrogen-bond donors (Lipinski definition) is 3. The number of anilines is 1. The zero-order valence-electron chi connectivity index (χ0n) is 28.4. The number of H-pyrrole nitrogens is 1. The molecule has 3 N–H and O–H groups in total. The van der Waals surface area contributed by atoms with E-state index < -0.39 is 23.6 Å². The van der Waals surface area contributed by atoms with Gasteiger partial charge in [0, 0.05) is 44.5 Å². The number of imidazole rings is 1. The topological polar surface area (TPSA) is 152 Å². The molecule has 49 heavy (non-hydrogen) atoms. The minimum absolute atomic E-state index is 0.0651. The van der Waals surface area contributed by atoms with E-state index in [-0.39, 0.29) is 30.2 Å². The van der Waals surface area contributed by atoms with Gasteiger partial charge in [0.2, 0.25) is 5.91 Å². The average molecular weight is 675 g/mol. The molecule has 0 aliphatic carbocycles. The number of likely N-dealkylation sites (tertiary alicyclic amines) is 2. The third-order valence-electron chi connectivity index (χ3n) is 10.0. The van der Waals surface area contributed by atoms with Crippen LogP contribution >= 0.6 is 0 Å². The standard InChI is InChI=1S/C35H46N8O6/c1-24(2)22-41-23-42(25-9-5-4-6-10-25)35(31(41)45)15-19-40(20-16-35)32(46)36-21-28(30(44)49-3)38-33(47)39-17-13-26(14-18-39)43-29-12-8-7-11-27(29)37-34(43)48/h4-12,24,26,28H,13-23H2,1-3H3,(H,36,46)(H,37,48)(H,38,47)/t28-/m0/s1. The van der Waals surface area contributed by atoms with Gasteiger partial charge in [-0.3, -0.25) is 9.36 Å². The number of piperidine rings is 2. The predicted octanol–water partition coefficient (Wildman–Crippen LogP) is 2.72. The van der Waals surface area contributed by atoms with Crippen LogP contribution in [0.5, 0.6) is 0 Å². The Balaban J connectivity index is 1.03. The van der Waals surface area contributed by atoms with Crippen LogP contribution in [-0.4, -0.2) is 113 Å². The van der Waals surface area contributed by atoms with Gasteiger partial charge in [-0.05, 0) is 55.9 Å². The Morgan fingerprint density at radius 2 is 1.57 bits per heavy atom. The molecule has 6 rings (SSSR count). The van der Waals surface area contributed by atoms with Crippen LogP contribution in [-0.2, 0) is 14.3 Å². The van der Waals surface area contributed by atoms with Gasteiger partial charge in [0.05, 0.1) is 31.4 Å². The van der Waals surface area contributed by atoms with Gasteiger partial charge in [-0.15, -0.1) is 0 Å². The first-order valence-electron chi connectivity index (χ1n) is 17.1. The molecule has 4 heterocycles. The summed E-state index contributed by atoms with van der Waals surface area (Å²) < 4.78 is 6.69. The first-order chi connectivity index (χ1) is 23.6. The molecule has 0 saturated carbocycles. The smallest absolute Gasteiger partial charge is 0.330 e. The molecule has 5 amide bonds. The SMILES string of the molecule is COC(=O)[C@H](CNC(=O)N1CCC2(CC1)C(=O)N(CC(C)C)CN2c1ccccc1)NC(=O)N1CCC(n2c(=O)[nH]c3ccccc32)CC1. The second kappa shape index (κ2) is 14.2. The van der Waals surface area contributed by atoms with Crippen LogP contribution in [0.2, 0.25) is 0 Å². The summed E-state index contributed by atoms with van der Waals surface area (Å²) in [6.07, 6.45) is 2.09. The molecule has 3 aromatic rings. The Kier molecular flexibility index (Phi) is 9.84. The van der Waals surface area contributed by atoms with Crippen molar-refractivity contribution in [1.82, 2.24) is 34.9 Å². The molecule has 3 fully saturated rings. The fraction of sp³-hybridized carbons (Fsp3) is 0.514. The summed E-state index contributed by atoms with van der Waals surface area (Å²) in [5.41, 5.74) is 1.68. The van der Waals surface area contributed by atoms with E-state index in [2.05, 4.69) is 34.4 Å². The number of fused-ring (bicyclic) bond motifs is 1. The lowest BCUT2D eigenvalue weighted by atomic mass is 9.85. The number of carbonyl (C=O) groups excluding carboxylic acids is 4. The van der Waals surface area contributed by atoms with Gasteiger partial charge < -0.3 is 40.0 Å². The number of urea groups is 2. The second-order valence-corrected chi connectivity index (χ2v) is 13.6. The first kappa shape index (κ1) is 33.9. The summed E-state index contributed by atoms with van der Waals surface area (Å²) >= 11 is 0. The number of ether oxygens (including phenoxy) is 1. The Morgan fingerprint density at radius 3 is 2.24 bits per heavy atom. The van der Waals surface area contributed by atoms with Crippen LogP contribution in [0.15, 0.2) is 59.4 Å². The highest BCUT2D eigenvalue weighted by Gasteiger charge is 2.54.